The van der Waals surface area contributed by atoms with Crippen LogP contribution in [0, 0.1) is 5.92 Å². The minimum absolute atomic E-state index is 0.00566. The molecule has 144 valence electrons. The predicted octanol–water partition coefficient (Wildman–Crippen LogP) is 1.08. The average Bonchev–Trinajstić information content (AvgIpc) is 2.87. The van der Waals surface area contributed by atoms with Gasteiger partial charge in [0.25, 0.3) is 11.8 Å². The van der Waals surface area contributed by atoms with Gasteiger partial charge in [0.05, 0.1) is 5.56 Å². The van der Waals surface area contributed by atoms with Gasteiger partial charge in [0.2, 0.25) is 0 Å². The van der Waals surface area contributed by atoms with Crippen molar-refractivity contribution in [2.45, 2.75) is 38.1 Å². The van der Waals surface area contributed by atoms with Crippen molar-refractivity contribution in [2.24, 2.45) is 5.92 Å². The van der Waals surface area contributed by atoms with Gasteiger partial charge in [0.15, 0.2) is 6.61 Å². The second-order valence-corrected chi connectivity index (χ2v) is 6.99. The molecule has 1 aliphatic heterocycles. The molecule has 9 nitrogen and oxygen atoms in total. The first-order valence-corrected chi connectivity index (χ1v) is 8.73. The number of amides is 4. The van der Waals surface area contributed by atoms with E-state index in [9.17, 15) is 24.3 Å². The number of ether oxygens (including phenoxy) is 1. The molecule has 0 unspecified atom stereocenters. The summed E-state index contributed by atoms with van der Waals surface area (Å²) in [5.41, 5.74) is 1.39. The minimum Gasteiger partial charge on any atom is -0.508 e. The van der Waals surface area contributed by atoms with Crippen LogP contribution in [0.4, 0.5) is 4.79 Å². The molecule has 2 aliphatic rings. The largest absolute Gasteiger partial charge is 0.508 e. The highest BCUT2D eigenvalue weighted by atomic mass is 16.5. The zero-order valence-electron chi connectivity index (χ0n) is 14.9. The monoisotopic (exact) mass is 375 g/mol. The number of urea groups is 1. The Balaban J connectivity index is 1.54. The number of carbonyl (C=O) groups excluding carboxylic acids is 4. The number of phenolic OH excluding ortho intramolecular Hbond substituents is 1. The van der Waals surface area contributed by atoms with Crippen molar-refractivity contribution < 1.29 is 29.0 Å². The maximum absolute atomic E-state index is 12.6. The summed E-state index contributed by atoms with van der Waals surface area (Å²) < 4.78 is 4.86. The van der Waals surface area contributed by atoms with E-state index in [-0.39, 0.29) is 11.3 Å². The Morgan fingerprint density at radius 3 is 2.52 bits per heavy atom. The van der Waals surface area contributed by atoms with Gasteiger partial charge in [0, 0.05) is 0 Å². The summed E-state index contributed by atoms with van der Waals surface area (Å²) in [6.07, 6.45) is 2.69. The number of nitrogens with zero attached hydrogens (tertiary/aromatic N) is 1. The molecular formula is C18H21N3O6. The summed E-state index contributed by atoms with van der Waals surface area (Å²) in [4.78, 5) is 48.6. The Labute approximate surface area is 155 Å². The number of carbonyl (C=O) groups is 4. The average molecular weight is 375 g/mol. The lowest BCUT2D eigenvalue weighted by atomic mass is 9.77. The van der Waals surface area contributed by atoms with Gasteiger partial charge >= 0.3 is 12.0 Å². The fourth-order valence-electron chi connectivity index (χ4n) is 3.28. The van der Waals surface area contributed by atoms with Crippen LogP contribution in [-0.4, -0.2) is 46.1 Å². The van der Waals surface area contributed by atoms with Crippen LogP contribution >= 0.6 is 0 Å². The van der Waals surface area contributed by atoms with Crippen LogP contribution in [0.1, 0.15) is 43.0 Å². The molecular weight excluding hydrogens is 354 g/mol. The van der Waals surface area contributed by atoms with Crippen LogP contribution < -0.4 is 10.7 Å². The van der Waals surface area contributed by atoms with Crippen molar-refractivity contribution in [3.05, 3.63) is 29.8 Å². The van der Waals surface area contributed by atoms with Crippen LogP contribution in [-0.2, 0) is 14.3 Å². The van der Waals surface area contributed by atoms with Crippen LogP contribution in [0.5, 0.6) is 5.75 Å². The Morgan fingerprint density at radius 2 is 1.89 bits per heavy atom. The number of hydrogen-bond acceptors (Lipinski definition) is 6. The SMILES string of the molecule is CC1CCC2(CC1)NC(=O)N(NC(=O)COC(=O)c1ccc(O)cc1)C2=O. The molecule has 1 aromatic rings. The van der Waals surface area contributed by atoms with Gasteiger partial charge < -0.3 is 15.2 Å². The third-order valence-corrected chi connectivity index (χ3v) is 4.96. The number of nitrogens with one attached hydrogen (secondary N) is 2. The molecule has 0 aromatic heterocycles. The van der Waals surface area contributed by atoms with Crippen LogP contribution in [0.15, 0.2) is 24.3 Å². The molecule has 1 aromatic carbocycles. The standard InChI is InChI=1S/C18H21N3O6/c1-11-6-8-18(9-7-11)16(25)21(17(26)19-18)20-14(23)10-27-15(24)12-2-4-13(22)5-3-12/h2-5,11,22H,6-10H2,1H3,(H,19,26)(H,20,23). The highest BCUT2D eigenvalue weighted by Gasteiger charge is 2.52. The molecule has 1 spiro atoms. The summed E-state index contributed by atoms with van der Waals surface area (Å²) in [7, 11) is 0. The van der Waals surface area contributed by atoms with Gasteiger partial charge in [-0.2, -0.15) is 5.01 Å². The zero-order chi connectivity index (χ0) is 19.6. The van der Waals surface area contributed by atoms with Crippen LogP contribution in [0.3, 0.4) is 0 Å². The van der Waals surface area contributed by atoms with Crippen molar-refractivity contribution in [1.29, 1.82) is 0 Å². The minimum atomic E-state index is -0.959. The van der Waals surface area contributed by atoms with Crippen molar-refractivity contribution in [3.8, 4) is 5.75 Å². The van der Waals surface area contributed by atoms with Gasteiger partial charge in [-0.1, -0.05) is 6.92 Å². The van der Waals surface area contributed by atoms with Gasteiger partial charge in [-0.3, -0.25) is 15.0 Å². The number of rotatable bonds is 4. The highest BCUT2D eigenvalue weighted by molar-refractivity contribution is 6.08. The van der Waals surface area contributed by atoms with E-state index in [2.05, 4.69) is 17.7 Å². The predicted molar refractivity (Wildman–Crippen MR) is 92.3 cm³/mol. The fourth-order valence-corrected chi connectivity index (χ4v) is 3.28. The first-order chi connectivity index (χ1) is 12.8. The first-order valence-electron chi connectivity index (χ1n) is 8.73. The maximum Gasteiger partial charge on any atom is 0.344 e. The number of phenols is 1. The molecule has 9 heteroatoms. The van der Waals surface area contributed by atoms with E-state index in [1.807, 2.05) is 0 Å². The van der Waals surface area contributed by atoms with E-state index in [1.165, 1.54) is 24.3 Å². The number of benzene rings is 1. The topological polar surface area (TPSA) is 125 Å². The summed E-state index contributed by atoms with van der Waals surface area (Å²) >= 11 is 0. The molecule has 0 radical (unpaired) electrons. The second kappa shape index (κ2) is 7.26. The maximum atomic E-state index is 12.6. The Bertz CT molecular complexity index is 768. The van der Waals surface area contributed by atoms with E-state index in [1.54, 1.807) is 0 Å². The number of aromatic hydroxyl groups is 1. The number of hydrazine groups is 1. The van der Waals surface area contributed by atoms with Crippen molar-refractivity contribution in [3.63, 3.8) is 0 Å². The Morgan fingerprint density at radius 1 is 1.26 bits per heavy atom. The molecule has 2 fully saturated rings. The van der Waals surface area contributed by atoms with Crippen molar-refractivity contribution in [1.82, 2.24) is 15.8 Å². The Hall–Kier alpha value is -3.10. The van der Waals surface area contributed by atoms with Crippen molar-refractivity contribution >= 4 is 23.8 Å². The van der Waals surface area contributed by atoms with Gasteiger partial charge in [-0.25, -0.2) is 9.59 Å². The molecule has 3 N–H and O–H groups in total. The van der Waals surface area contributed by atoms with Crippen LogP contribution in [0.2, 0.25) is 0 Å². The molecule has 4 amide bonds. The number of esters is 1. The van der Waals surface area contributed by atoms with Gasteiger partial charge in [-0.05, 0) is 55.9 Å². The highest BCUT2D eigenvalue weighted by Crippen LogP contribution is 2.35. The quantitative estimate of drug-likeness (QED) is 0.534. The second-order valence-electron chi connectivity index (χ2n) is 6.99. The van der Waals surface area contributed by atoms with E-state index in [0.717, 1.165) is 12.8 Å². The number of hydrogen-bond donors (Lipinski definition) is 3. The molecule has 27 heavy (non-hydrogen) atoms. The summed E-state index contributed by atoms with van der Waals surface area (Å²) in [6, 6.07) is 4.64. The molecule has 0 bridgehead atoms. The van der Waals surface area contributed by atoms with E-state index >= 15 is 0 Å². The Kier molecular flexibility index (Phi) is 5.02. The molecule has 1 saturated carbocycles. The van der Waals surface area contributed by atoms with E-state index < -0.39 is 36.0 Å². The molecule has 3 rings (SSSR count). The summed E-state index contributed by atoms with van der Waals surface area (Å²) in [5.74, 6) is -1.57. The normalized spacial score (nSPS) is 24.6. The third kappa shape index (κ3) is 3.86. The van der Waals surface area contributed by atoms with Gasteiger partial charge in [-0.15, -0.1) is 0 Å². The summed E-state index contributed by atoms with van der Waals surface area (Å²) in [6.45, 7) is 1.44. The number of imide groups is 1. The molecule has 1 saturated heterocycles. The van der Waals surface area contributed by atoms with Gasteiger partial charge in [0.1, 0.15) is 11.3 Å². The lowest BCUT2D eigenvalue weighted by Gasteiger charge is -2.33. The van der Waals surface area contributed by atoms with Crippen molar-refractivity contribution in [2.75, 3.05) is 6.61 Å². The molecule has 0 atom stereocenters. The summed E-state index contributed by atoms with van der Waals surface area (Å²) in [5, 5.41) is 12.5. The lowest BCUT2D eigenvalue weighted by molar-refractivity contribution is -0.141. The van der Waals surface area contributed by atoms with E-state index in [4.69, 9.17) is 4.74 Å². The van der Waals surface area contributed by atoms with E-state index in [0.29, 0.717) is 23.8 Å². The molecule has 1 heterocycles. The third-order valence-electron chi connectivity index (χ3n) is 4.96. The fraction of sp³-hybridized carbons (Fsp3) is 0.444. The lowest BCUT2D eigenvalue weighted by Crippen LogP contribution is -2.52. The zero-order valence-corrected chi connectivity index (χ0v) is 14.9. The molecule has 1 aliphatic carbocycles. The smallest absolute Gasteiger partial charge is 0.344 e. The first kappa shape index (κ1) is 18.7. The van der Waals surface area contributed by atoms with Crippen LogP contribution in [0.25, 0.3) is 0 Å².